The van der Waals surface area contributed by atoms with E-state index in [0.29, 0.717) is 17.4 Å². The van der Waals surface area contributed by atoms with Crippen LogP contribution in [0.15, 0.2) is 36.5 Å². The number of benzene rings is 1. The Morgan fingerprint density at radius 1 is 1.13 bits per heavy atom. The number of nitrogens with two attached hydrogens (primary N) is 1. The molecular weight excluding hydrogens is 190 g/mol. The molecule has 15 heavy (non-hydrogen) atoms. The third-order valence-corrected chi connectivity index (χ3v) is 1.86. The van der Waals surface area contributed by atoms with Gasteiger partial charge >= 0.3 is 6.01 Å². The average molecular weight is 201 g/mol. The van der Waals surface area contributed by atoms with Crippen LogP contribution in [0, 0.1) is 6.92 Å². The van der Waals surface area contributed by atoms with E-state index < -0.39 is 0 Å². The van der Waals surface area contributed by atoms with E-state index in [1.165, 1.54) is 0 Å². The van der Waals surface area contributed by atoms with Gasteiger partial charge in [-0.2, -0.15) is 0 Å². The molecule has 0 spiro atoms. The fourth-order valence-electron chi connectivity index (χ4n) is 1.12. The minimum absolute atomic E-state index is 0.347. The Bertz CT molecular complexity index is 454. The molecule has 4 heteroatoms. The summed E-state index contributed by atoms with van der Waals surface area (Å²) in [5.41, 5.74) is 7.13. The van der Waals surface area contributed by atoms with E-state index in [9.17, 15) is 0 Å². The van der Waals surface area contributed by atoms with Crippen LogP contribution in [0.2, 0.25) is 0 Å². The largest absolute Gasteiger partial charge is 0.424 e. The van der Waals surface area contributed by atoms with E-state index in [1.807, 2.05) is 13.0 Å². The van der Waals surface area contributed by atoms with Gasteiger partial charge in [0.05, 0.1) is 0 Å². The molecule has 0 aliphatic carbocycles. The Morgan fingerprint density at radius 3 is 2.53 bits per heavy atom. The lowest BCUT2D eigenvalue weighted by Gasteiger charge is -2.03. The van der Waals surface area contributed by atoms with Crippen LogP contribution in [0.1, 0.15) is 5.69 Å². The summed E-state index contributed by atoms with van der Waals surface area (Å²) in [6.45, 7) is 1.89. The molecule has 0 aliphatic rings. The minimum atomic E-state index is 0.347. The predicted molar refractivity (Wildman–Crippen MR) is 57.7 cm³/mol. The third kappa shape index (κ3) is 2.43. The fourth-order valence-corrected chi connectivity index (χ4v) is 1.12. The lowest BCUT2D eigenvalue weighted by molar-refractivity contribution is 0.440. The smallest absolute Gasteiger partial charge is 0.322 e. The van der Waals surface area contributed by atoms with E-state index in [-0.39, 0.29) is 0 Å². The highest BCUT2D eigenvalue weighted by Gasteiger charge is 1.99. The van der Waals surface area contributed by atoms with Crippen molar-refractivity contribution in [3.8, 4) is 11.8 Å². The summed E-state index contributed by atoms with van der Waals surface area (Å²) in [7, 11) is 0. The molecule has 0 unspecified atom stereocenters. The summed E-state index contributed by atoms with van der Waals surface area (Å²) in [6.07, 6.45) is 1.66. The summed E-state index contributed by atoms with van der Waals surface area (Å²) in [6, 6.07) is 9.26. The zero-order valence-corrected chi connectivity index (χ0v) is 8.34. The zero-order chi connectivity index (χ0) is 10.7. The first kappa shape index (κ1) is 9.45. The van der Waals surface area contributed by atoms with Gasteiger partial charge in [0.15, 0.2) is 0 Å². The van der Waals surface area contributed by atoms with E-state index >= 15 is 0 Å². The SMILES string of the molecule is Cc1ccnc(Oc2ccc(N)cc2)n1. The first-order valence-electron chi connectivity index (χ1n) is 4.57. The molecule has 2 aromatic rings. The molecule has 0 fully saturated rings. The van der Waals surface area contributed by atoms with Crippen molar-refractivity contribution in [2.45, 2.75) is 6.92 Å². The molecule has 0 saturated heterocycles. The molecule has 0 aliphatic heterocycles. The lowest BCUT2D eigenvalue weighted by Crippen LogP contribution is -1.93. The number of aryl methyl sites for hydroxylation is 1. The minimum Gasteiger partial charge on any atom is -0.424 e. The van der Waals surface area contributed by atoms with Crippen molar-refractivity contribution in [2.75, 3.05) is 5.73 Å². The Labute approximate surface area is 87.7 Å². The number of nitrogens with zero attached hydrogens (tertiary/aromatic N) is 2. The average Bonchev–Trinajstić information content (AvgIpc) is 2.22. The van der Waals surface area contributed by atoms with Gasteiger partial charge in [0.2, 0.25) is 0 Å². The summed E-state index contributed by atoms with van der Waals surface area (Å²) >= 11 is 0. The molecule has 1 heterocycles. The van der Waals surface area contributed by atoms with Crippen molar-refractivity contribution >= 4 is 5.69 Å². The molecule has 1 aromatic heterocycles. The van der Waals surface area contributed by atoms with Gasteiger partial charge in [-0.25, -0.2) is 9.97 Å². The second kappa shape index (κ2) is 3.96. The molecule has 2 rings (SSSR count). The third-order valence-electron chi connectivity index (χ3n) is 1.86. The highest BCUT2D eigenvalue weighted by atomic mass is 16.5. The second-order valence-corrected chi connectivity index (χ2v) is 3.15. The Balaban J connectivity index is 2.18. The first-order chi connectivity index (χ1) is 7.24. The molecule has 0 amide bonds. The summed E-state index contributed by atoms with van der Waals surface area (Å²) in [4.78, 5) is 8.12. The van der Waals surface area contributed by atoms with Gasteiger partial charge in [-0.3, -0.25) is 0 Å². The van der Waals surface area contributed by atoms with Gasteiger partial charge in [-0.15, -0.1) is 0 Å². The molecule has 0 bridgehead atoms. The van der Waals surface area contributed by atoms with Crippen LogP contribution in [-0.4, -0.2) is 9.97 Å². The van der Waals surface area contributed by atoms with Crippen LogP contribution in [0.5, 0.6) is 11.8 Å². The van der Waals surface area contributed by atoms with Crippen LogP contribution in [-0.2, 0) is 0 Å². The highest BCUT2D eigenvalue weighted by molar-refractivity contribution is 5.42. The van der Waals surface area contributed by atoms with E-state index in [0.717, 1.165) is 5.69 Å². The number of rotatable bonds is 2. The van der Waals surface area contributed by atoms with Gasteiger partial charge in [0, 0.05) is 17.6 Å². The number of hydrogen-bond acceptors (Lipinski definition) is 4. The van der Waals surface area contributed by atoms with Gasteiger partial charge in [-0.05, 0) is 37.3 Å². The standard InChI is InChI=1S/C11H11N3O/c1-8-6-7-13-11(14-8)15-10-4-2-9(12)3-5-10/h2-7H,12H2,1H3. The molecule has 76 valence electrons. The number of aromatic nitrogens is 2. The maximum absolute atomic E-state index is 5.56. The molecule has 0 radical (unpaired) electrons. The molecule has 1 aromatic carbocycles. The van der Waals surface area contributed by atoms with Crippen LogP contribution in [0.3, 0.4) is 0 Å². The van der Waals surface area contributed by atoms with E-state index in [4.69, 9.17) is 10.5 Å². The van der Waals surface area contributed by atoms with Crippen molar-refractivity contribution in [1.29, 1.82) is 0 Å². The Hall–Kier alpha value is -2.10. The van der Waals surface area contributed by atoms with Gasteiger partial charge in [0.1, 0.15) is 5.75 Å². The topological polar surface area (TPSA) is 61.0 Å². The van der Waals surface area contributed by atoms with Crippen molar-refractivity contribution in [3.05, 3.63) is 42.2 Å². The van der Waals surface area contributed by atoms with E-state index in [2.05, 4.69) is 9.97 Å². The van der Waals surface area contributed by atoms with Crippen LogP contribution < -0.4 is 10.5 Å². The molecule has 4 nitrogen and oxygen atoms in total. The number of anilines is 1. The van der Waals surface area contributed by atoms with Crippen LogP contribution >= 0.6 is 0 Å². The van der Waals surface area contributed by atoms with Crippen molar-refractivity contribution in [3.63, 3.8) is 0 Å². The van der Waals surface area contributed by atoms with Crippen LogP contribution in [0.4, 0.5) is 5.69 Å². The summed E-state index contributed by atoms with van der Waals surface area (Å²) in [5.74, 6) is 0.676. The van der Waals surface area contributed by atoms with Crippen molar-refractivity contribution in [2.24, 2.45) is 0 Å². The maximum atomic E-state index is 5.56. The van der Waals surface area contributed by atoms with Gasteiger partial charge in [-0.1, -0.05) is 0 Å². The fraction of sp³-hybridized carbons (Fsp3) is 0.0909. The Kier molecular flexibility index (Phi) is 2.49. The number of ether oxygens (including phenoxy) is 1. The first-order valence-corrected chi connectivity index (χ1v) is 4.57. The Morgan fingerprint density at radius 2 is 1.87 bits per heavy atom. The lowest BCUT2D eigenvalue weighted by atomic mass is 10.3. The quantitative estimate of drug-likeness (QED) is 0.756. The molecule has 0 saturated carbocycles. The normalized spacial score (nSPS) is 9.93. The summed E-state index contributed by atoms with van der Waals surface area (Å²) in [5, 5.41) is 0. The zero-order valence-electron chi connectivity index (χ0n) is 8.34. The van der Waals surface area contributed by atoms with E-state index in [1.54, 1.807) is 30.5 Å². The number of nitrogen functional groups attached to an aromatic ring is 1. The predicted octanol–water partition coefficient (Wildman–Crippen LogP) is 2.16. The molecule has 2 N–H and O–H groups in total. The van der Waals surface area contributed by atoms with Crippen molar-refractivity contribution < 1.29 is 4.74 Å². The molecule has 0 atom stereocenters. The van der Waals surface area contributed by atoms with Gasteiger partial charge in [0.25, 0.3) is 0 Å². The summed E-state index contributed by atoms with van der Waals surface area (Å²) < 4.78 is 5.44. The monoisotopic (exact) mass is 201 g/mol. The maximum Gasteiger partial charge on any atom is 0.322 e. The highest BCUT2D eigenvalue weighted by Crippen LogP contribution is 2.18. The number of hydrogen-bond donors (Lipinski definition) is 1. The van der Waals surface area contributed by atoms with Crippen molar-refractivity contribution in [1.82, 2.24) is 9.97 Å². The molecular formula is C11H11N3O. The van der Waals surface area contributed by atoms with Gasteiger partial charge < -0.3 is 10.5 Å². The van der Waals surface area contributed by atoms with Crippen LogP contribution in [0.25, 0.3) is 0 Å². The second-order valence-electron chi connectivity index (χ2n) is 3.15.